The van der Waals surface area contributed by atoms with E-state index in [4.69, 9.17) is 4.42 Å². The van der Waals surface area contributed by atoms with Gasteiger partial charge < -0.3 is 4.42 Å². The van der Waals surface area contributed by atoms with Crippen LogP contribution in [0.25, 0.3) is 27.8 Å². The van der Waals surface area contributed by atoms with Crippen molar-refractivity contribution in [1.29, 1.82) is 0 Å². The zero-order valence-electron chi connectivity index (χ0n) is 16.1. The number of aromatic nitrogens is 2. The van der Waals surface area contributed by atoms with E-state index in [1.807, 2.05) is 0 Å². The quantitative estimate of drug-likeness (QED) is 0.418. The third kappa shape index (κ3) is 3.07. The van der Waals surface area contributed by atoms with Crippen molar-refractivity contribution in [2.24, 2.45) is 0 Å². The Morgan fingerprint density at radius 3 is 2.29 bits per heavy atom. The third-order valence-electron chi connectivity index (χ3n) is 5.14. The summed E-state index contributed by atoms with van der Waals surface area (Å²) in [6.07, 6.45) is 0. The lowest BCUT2D eigenvalue weighted by Gasteiger charge is -2.11. The molecule has 0 aliphatic carbocycles. The van der Waals surface area contributed by atoms with Crippen LogP contribution in [-0.4, -0.2) is 14.9 Å². The van der Waals surface area contributed by atoms with Crippen molar-refractivity contribution in [2.75, 3.05) is 0 Å². The zero-order valence-corrected chi connectivity index (χ0v) is 16.1. The van der Waals surface area contributed by atoms with Crippen molar-refractivity contribution in [1.82, 2.24) is 9.13 Å². The number of furan rings is 1. The van der Waals surface area contributed by atoms with E-state index in [0.29, 0.717) is 16.5 Å². The average Bonchev–Trinajstić information content (AvgIpc) is 3.18. The summed E-state index contributed by atoms with van der Waals surface area (Å²) < 4.78 is 21.3. The predicted molar refractivity (Wildman–Crippen MR) is 114 cm³/mol. The summed E-state index contributed by atoms with van der Waals surface area (Å²) in [5, 5.41) is 0.554. The Hall–Kier alpha value is -4.26. The van der Waals surface area contributed by atoms with E-state index in [9.17, 15) is 18.8 Å². The minimum absolute atomic E-state index is 0.0500. The van der Waals surface area contributed by atoms with Crippen molar-refractivity contribution >= 4 is 27.9 Å². The molecule has 3 aromatic carbocycles. The Kier molecular flexibility index (Phi) is 4.36. The topological polar surface area (TPSA) is 74.2 Å². The normalized spacial score (nSPS) is 11.3. The van der Waals surface area contributed by atoms with E-state index in [1.54, 1.807) is 54.6 Å². The highest BCUT2D eigenvalue weighted by molar-refractivity contribution is 6.03. The van der Waals surface area contributed by atoms with Crippen molar-refractivity contribution in [3.63, 3.8) is 0 Å². The fourth-order valence-electron chi connectivity index (χ4n) is 3.67. The number of Topliss-reactive ketones (excluding diaryl/α,β-unsaturated/α-hetero) is 1. The Balaban J connectivity index is 1.83. The maximum absolute atomic E-state index is 13.4. The van der Waals surface area contributed by atoms with E-state index < -0.39 is 17.1 Å². The molecular weight excluding hydrogens is 399 g/mol. The molecular formula is C24H15FN2O4. The Labute approximate surface area is 174 Å². The van der Waals surface area contributed by atoms with Crippen LogP contribution in [0.1, 0.15) is 10.4 Å². The van der Waals surface area contributed by atoms with Crippen LogP contribution in [0.3, 0.4) is 0 Å². The van der Waals surface area contributed by atoms with Gasteiger partial charge in [0.2, 0.25) is 5.58 Å². The van der Waals surface area contributed by atoms with Gasteiger partial charge in [-0.25, -0.2) is 13.8 Å². The standard InChI is InChI=1S/C24H15FN2O4/c25-16-10-12-17(13-11-16)27-23(29)22-21(18-8-4-5-9-20(18)31-22)26(24(27)30)14-19(28)15-6-2-1-3-7-15/h1-13H,14H2. The second-order valence-corrected chi connectivity index (χ2v) is 7.05. The highest BCUT2D eigenvalue weighted by Gasteiger charge is 2.22. The number of fused-ring (bicyclic) bond motifs is 3. The predicted octanol–water partition coefficient (Wildman–Crippen LogP) is 3.92. The first-order valence-electron chi connectivity index (χ1n) is 9.56. The molecule has 5 rings (SSSR count). The van der Waals surface area contributed by atoms with Gasteiger partial charge in [0.25, 0.3) is 0 Å². The monoisotopic (exact) mass is 414 g/mol. The van der Waals surface area contributed by atoms with Gasteiger partial charge in [0, 0.05) is 10.9 Å². The molecule has 0 atom stereocenters. The molecule has 0 fully saturated rings. The van der Waals surface area contributed by atoms with Crippen molar-refractivity contribution in [3.8, 4) is 5.69 Å². The van der Waals surface area contributed by atoms with Gasteiger partial charge in [-0.1, -0.05) is 42.5 Å². The summed E-state index contributed by atoms with van der Waals surface area (Å²) >= 11 is 0. The molecule has 0 saturated heterocycles. The highest BCUT2D eigenvalue weighted by atomic mass is 19.1. The van der Waals surface area contributed by atoms with Gasteiger partial charge in [-0.3, -0.25) is 14.2 Å². The third-order valence-corrected chi connectivity index (χ3v) is 5.14. The molecule has 152 valence electrons. The number of rotatable bonds is 4. The SMILES string of the molecule is O=C(Cn1c(=O)n(-c2ccc(F)cc2)c(=O)c2oc3ccccc3c21)c1ccccc1. The van der Waals surface area contributed by atoms with Gasteiger partial charge >= 0.3 is 11.2 Å². The largest absolute Gasteiger partial charge is 0.449 e. The molecule has 0 aliphatic rings. The summed E-state index contributed by atoms with van der Waals surface area (Å²) in [5.74, 6) is -0.792. The minimum Gasteiger partial charge on any atom is -0.449 e. The first kappa shape index (κ1) is 18.7. The smallest absolute Gasteiger partial charge is 0.336 e. The molecule has 7 heteroatoms. The Bertz CT molecular complexity index is 1560. The van der Waals surface area contributed by atoms with Gasteiger partial charge in [0.05, 0.1) is 12.2 Å². The number of carbonyl (C=O) groups excluding carboxylic acids is 1. The molecule has 2 heterocycles. The molecule has 0 spiro atoms. The van der Waals surface area contributed by atoms with E-state index >= 15 is 0 Å². The van der Waals surface area contributed by atoms with Crippen LogP contribution in [0.5, 0.6) is 0 Å². The second kappa shape index (κ2) is 7.21. The molecule has 0 aliphatic heterocycles. The number of ketones is 1. The van der Waals surface area contributed by atoms with Crippen LogP contribution >= 0.6 is 0 Å². The summed E-state index contributed by atoms with van der Waals surface area (Å²) in [6.45, 7) is -0.287. The van der Waals surface area contributed by atoms with E-state index in [-0.39, 0.29) is 29.1 Å². The Morgan fingerprint density at radius 2 is 1.55 bits per heavy atom. The van der Waals surface area contributed by atoms with Crippen molar-refractivity contribution in [2.45, 2.75) is 6.54 Å². The van der Waals surface area contributed by atoms with Crippen LogP contribution in [0.15, 0.2) is 92.9 Å². The van der Waals surface area contributed by atoms with Gasteiger partial charge in [0.15, 0.2) is 5.78 Å². The molecule has 0 saturated carbocycles. The maximum Gasteiger partial charge on any atom is 0.336 e. The fraction of sp³-hybridized carbons (Fsp3) is 0.0417. The molecule has 0 N–H and O–H groups in total. The van der Waals surface area contributed by atoms with Crippen LogP contribution < -0.4 is 11.2 Å². The maximum atomic E-state index is 13.4. The van der Waals surface area contributed by atoms with Crippen molar-refractivity contribution < 1.29 is 13.6 Å². The highest BCUT2D eigenvalue weighted by Crippen LogP contribution is 2.26. The van der Waals surface area contributed by atoms with Gasteiger partial charge in [-0.05, 0) is 36.4 Å². The lowest BCUT2D eigenvalue weighted by atomic mass is 10.1. The molecule has 0 amide bonds. The number of hydrogen-bond acceptors (Lipinski definition) is 4. The average molecular weight is 414 g/mol. The van der Waals surface area contributed by atoms with Crippen LogP contribution in [0, 0.1) is 5.82 Å². The number of benzene rings is 3. The number of hydrogen-bond donors (Lipinski definition) is 0. The first-order chi connectivity index (χ1) is 15.0. The summed E-state index contributed by atoms with van der Waals surface area (Å²) in [6, 6.07) is 20.5. The summed E-state index contributed by atoms with van der Waals surface area (Å²) in [7, 11) is 0. The van der Waals surface area contributed by atoms with E-state index in [0.717, 1.165) is 16.7 Å². The Morgan fingerprint density at radius 1 is 0.871 bits per heavy atom. The van der Waals surface area contributed by atoms with E-state index in [1.165, 1.54) is 16.7 Å². The second-order valence-electron chi connectivity index (χ2n) is 7.05. The van der Waals surface area contributed by atoms with Crippen LogP contribution in [0.4, 0.5) is 4.39 Å². The number of nitrogens with zero attached hydrogens (tertiary/aromatic N) is 2. The summed E-state index contributed by atoms with van der Waals surface area (Å²) in [5.41, 5.74) is -0.133. The summed E-state index contributed by atoms with van der Waals surface area (Å²) in [4.78, 5) is 39.5. The lowest BCUT2D eigenvalue weighted by molar-refractivity contribution is 0.0971. The van der Waals surface area contributed by atoms with Gasteiger partial charge in [0.1, 0.15) is 16.9 Å². The van der Waals surface area contributed by atoms with Crippen molar-refractivity contribution in [3.05, 3.63) is 111 Å². The molecule has 0 bridgehead atoms. The molecule has 2 aromatic heterocycles. The molecule has 5 aromatic rings. The van der Waals surface area contributed by atoms with Crippen LogP contribution in [-0.2, 0) is 6.54 Å². The number of halogens is 1. The van der Waals surface area contributed by atoms with Gasteiger partial charge in [-0.15, -0.1) is 0 Å². The first-order valence-corrected chi connectivity index (χ1v) is 9.56. The minimum atomic E-state index is -0.708. The molecule has 31 heavy (non-hydrogen) atoms. The molecule has 0 radical (unpaired) electrons. The fourth-order valence-corrected chi connectivity index (χ4v) is 3.67. The van der Waals surface area contributed by atoms with E-state index in [2.05, 4.69) is 0 Å². The zero-order chi connectivity index (χ0) is 21.5. The molecule has 0 unspecified atom stereocenters. The molecule has 6 nitrogen and oxygen atoms in total. The number of carbonyl (C=O) groups is 1. The lowest BCUT2D eigenvalue weighted by Crippen LogP contribution is -2.39. The van der Waals surface area contributed by atoms with Crippen LogP contribution in [0.2, 0.25) is 0 Å². The van der Waals surface area contributed by atoms with Gasteiger partial charge in [-0.2, -0.15) is 0 Å². The number of para-hydroxylation sites is 1.